The summed E-state index contributed by atoms with van der Waals surface area (Å²) in [4.78, 5) is 0. The number of fused-ring (bicyclic) bond motifs is 1. The van der Waals surface area contributed by atoms with E-state index in [0.717, 1.165) is 17.4 Å². The molecule has 3 rings (SSSR count). The number of benzene rings is 1. The lowest BCUT2D eigenvalue weighted by molar-refractivity contribution is 0.403. The van der Waals surface area contributed by atoms with E-state index in [1.807, 2.05) is 0 Å². The van der Waals surface area contributed by atoms with Crippen LogP contribution in [0.1, 0.15) is 30.9 Å². The normalized spacial score (nSPS) is 33.6. The van der Waals surface area contributed by atoms with Crippen LogP contribution in [0.2, 0.25) is 5.02 Å². The maximum absolute atomic E-state index is 13.2. The van der Waals surface area contributed by atoms with E-state index in [-0.39, 0.29) is 11.9 Å². The molecule has 1 nitrogen and oxygen atoms in total. The molecule has 2 fully saturated rings. The molecular formula is C13H15ClFN. The van der Waals surface area contributed by atoms with Crippen molar-refractivity contribution in [1.82, 2.24) is 0 Å². The summed E-state index contributed by atoms with van der Waals surface area (Å²) in [5, 5.41) is 0.592. The summed E-state index contributed by atoms with van der Waals surface area (Å²) in [6.45, 7) is 0. The highest BCUT2D eigenvalue weighted by molar-refractivity contribution is 6.31. The number of hydrogen-bond acceptors (Lipinski definition) is 1. The van der Waals surface area contributed by atoms with Gasteiger partial charge >= 0.3 is 0 Å². The first kappa shape index (κ1) is 10.5. The molecular weight excluding hydrogens is 225 g/mol. The van der Waals surface area contributed by atoms with Gasteiger partial charge in [-0.25, -0.2) is 4.39 Å². The molecule has 2 aliphatic carbocycles. The molecule has 2 N–H and O–H groups in total. The zero-order valence-electron chi connectivity index (χ0n) is 9.00. The minimum atomic E-state index is -0.252. The Labute approximate surface area is 99.8 Å². The van der Waals surface area contributed by atoms with Gasteiger partial charge in [0.15, 0.2) is 0 Å². The Morgan fingerprint density at radius 3 is 2.62 bits per heavy atom. The lowest BCUT2D eigenvalue weighted by atomic mass is 9.90. The second-order valence-corrected chi connectivity index (χ2v) is 5.59. The average Bonchev–Trinajstić information content (AvgIpc) is 2.88. The number of rotatable bonds is 2. The molecule has 3 atom stereocenters. The summed E-state index contributed by atoms with van der Waals surface area (Å²) in [5.74, 6) is 2.02. The highest BCUT2D eigenvalue weighted by atomic mass is 35.5. The smallest absolute Gasteiger partial charge is 0.123 e. The molecule has 0 aromatic heterocycles. The van der Waals surface area contributed by atoms with Crippen molar-refractivity contribution in [3.8, 4) is 0 Å². The van der Waals surface area contributed by atoms with Crippen molar-refractivity contribution < 1.29 is 4.39 Å². The van der Waals surface area contributed by atoms with Gasteiger partial charge in [-0.15, -0.1) is 0 Å². The van der Waals surface area contributed by atoms with E-state index in [0.29, 0.717) is 10.9 Å². The molecule has 0 spiro atoms. The summed E-state index contributed by atoms with van der Waals surface area (Å²) < 4.78 is 13.2. The fourth-order valence-corrected chi connectivity index (χ4v) is 3.32. The topological polar surface area (TPSA) is 26.0 Å². The fraction of sp³-hybridized carbons (Fsp3) is 0.538. The van der Waals surface area contributed by atoms with Gasteiger partial charge in [0.05, 0.1) is 0 Å². The summed E-state index contributed by atoms with van der Waals surface area (Å²) in [7, 11) is 0. The van der Waals surface area contributed by atoms with Gasteiger partial charge in [0, 0.05) is 11.1 Å². The van der Waals surface area contributed by atoms with Crippen LogP contribution in [0.15, 0.2) is 18.2 Å². The molecule has 0 bridgehead atoms. The SMILES string of the molecule is NC(c1cc(F)ccc1Cl)C1CC2CC2C1. The van der Waals surface area contributed by atoms with Gasteiger partial charge in [-0.05, 0) is 60.8 Å². The zero-order chi connectivity index (χ0) is 11.3. The maximum atomic E-state index is 13.2. The molecule has 1 aromatic rings. The number of hydrogen-bond donors (Lipinski definition) is 1. The summed E-state index contributed by atoms with van der Waals surface area (Å²) >= 11 is 6.07. The van der Waals surface area contributed by atoms with Gasteiger partial charge in [0.2, 0.25) is 0 Å². The van der Waals surface area contributed by atoms with Crippen LogP contribution < -0.4 is 5.73 Å². The maximum Gasteiger partial charge on any atom is 0.123 e. The van der Waals surface area contributed by atoms with Gasteiger partial charge < -0.3 is 5.73 Å². The summed E-state index contributed by atoms with van der Waals surface area (Å²) in [6.07, 6.45) is 3.76. The van der Waals surface area contributed by atoms with Crippen LogP contribution >= 0.6 is 11.6 Å². The molecule has 2 saturated carbocycles. The molecule has 0 heterocycles. The summed E-state index contributed by atoms with van der Waals surface area (Å²) in [6, 6.07) is 4.36. The van der Waals surface area contributed by atoms with E-state index in [1.54, 1.807) is 6.07 Å². The number of nitrogens with two attached hydrogens (primary N) is 1. The van der Waals surface area contributed by atoms with Crippen LogP contribution in [-0.4, -0.2) is 0 Å². The van der Waals surface area contributed by atoms with Gasteiger partial charge in [0.25, 0.3) is 0 Å². The molecule has 0 amide bonds. The molecule has 3 heteroatoms. The molecule has 3 unspecified atom stereocenters. The minimum absolute atomic E-state index is 0.101. The third-order valence-corrected chi connectivity index (χ3v) is 4.45. The van der Waals surface area contributed by atoms with Gasteiger partial charge in [-0.3, -0.25) is 0 Å². The van der Waals surface area contributed by atoms with Crippen LogP contribution in [0.25, 0.3) is 0 Å². The summed E-state index contributed by atoms with van der Waals surface area (Å²) in [5.41, 5.74) is 6.97. The van der Waals surface area contributed by atoms with Gasteiger partial charge in [-0.1, -0.05) is 11.6 Å². The van der Waals surface area contributed by atoms with Crippen LogP contribution in [0, 0.1) is 23.6 Å². The predicted molar refractivity (Wildman–Crippen MR) is 62.7 cm³/mol. The molecule has 0 aliphatic heterocycles. The van der Waals surface area contributed by atoms with E-state index in [2.05, 4.69) is 0 Å². The molecule has 0 saturated heterocycles. The average molecular weight is 240 g/mol. The fourth-order valence-electron chi connectivity index (χ4n) is 3.08. The third-order valence-electron chi connectivity index (χ3n) is 4.11. The van der Waals surface area contributed by atoms with Crippen molar-refractivity contribution in [3.05, 3.63) is 34.6 Å². The second-order valence-electron chi connectivity index (χ2n) is 5.18. The van der Waals surface area contributed by atoms with Crippen molar-refractivity contribution in [3.63, 3.8) is 0 Å². The van der Waals surface area contributed by atoms with Crippen molar-refractivity contribution in [2.24, 2.45) is 23.5 Å². The van der Waals surface area contributed by atoms with Crippen molar-refractivity contribution in [1.29, 1.82) is 0 Å². The van der Waals surface area contributed by atoms with E-state index in [9.17, 15) is 4.39 Å². The lowest BCUT2D eigenvalue weighted by Gasteiger charge is -2.22. The first-order valence-electron chi connectivity index (χ1n) is 5.85. The Morgan fingerprint density at radius 2 is 1.94 bits per heavy atom. The third kappa shape index (κ3) is 1.74. The van der Waals surface area contributed by atoms with E-state index in [1.165, 1.54) is 31.4 Å². The Bertz CT molecular complexity index is 410. The Balaban J connectivity index is 1.82. The van der Waals surface area contributed by atoms with Crippen molar-refractivity contribution >= 4 is 11.6 Å². The zero-order valence-corrected chi connectivity index (χ0v) is 9.75. The molecule has 86 valence electrons. The second kappa shape index (κ2) is 3.71. The number of halogens is 2. The van der Waals surface area contributed by atoms with Gasteiger partial charge in [0.1, 0.15) is 5.82 Å². The van der Waals surface area contributed by atoms with Crippen LogP contribution in [-0.2, 0) is 0 Å². The first-order chi connectivity index (χ1) is 7.65. The van der Waals surface area contributed by atoms with E-state index in [4.69, 9.17) is 17.3 Å². The first-order valence-corrected chi connectivity index (χ1v) is 6.23. The molecule has 2 aliphatic rings. The molecule has 1 aromatic carbocycles. The Morgan fingerprint density at radius 1 is 1.25 bits per heavy atom. The highest BCUT2D eigenvalue weighted by Gasteiger charge is 2.47. The van der Waals surface area contributed by atoms with Crippen LogP contribution in [0.3, 0.4) is 0 Å². The van der Waals surface area contributed by atoms with E-state index >= 15 is 0 Å². The monoisotopic (exact) mass is 239 g/mol. The molecule has 0 radical (unpaired) electrons. The standard InChI is InChI=1S/C13H15ClFN/c14-12-2-1-10(15)6-11(12)13(16)9-4-7-3-8(7)5-9/h1-2,6-9,13H,3-5,16H2. The van der Waals surface area contributed by atoms with E-state index < -0.39 is 0 Å². The lowest BCUT2D eigenvalue weighted by Crippen LogP contribution is -2.20. The predicted octanol–water partition coefficient (Wildman–Crippen LogP) is 3.53. The molecule has 16 heavy (non-hydrogen) atoms. The Hall–Kier alpha value is -0.600. The van der Waals surface area contributed by atoms with Crippen molar-refractivity contribution in [2.45, 2.75) is 25.3 Å². The largest absolute Gasteiger partial charge is 0.324 e. The van der Waals surface area contributed by atoms with Gasteiger partial charge in [-0.2, -0.15) is 0 Å². The Kier molecular flexibility index (Phi) is 2.45. The van der Waals surface area contributed by atoms with Crippen LogP contribution in [0.5, 0.6) is 0 Å². The minimum Gasteiger partial charge on any atom is -0.324 e. The van der Waals surface area contributed by atoms with Crippen LogP contribution in [0.4, 0.5) is 4.39 Å². The highest BCUT2D eigenvalue weighted by Crippen LogP contribution is 2.56. The quantitative estimate of drug-likeness (QED) is 0.840. The van der Waals surface area contributed by atoms with Crippen molar-refractivity contribution in [2.75, 3.05) is 0 Å².